The van der Waals surface area contributed by atoms with Crippen LogP contribution < -0.4 is 14.8 Å². The summed E-state index contributed by atoms with van der Waals surface area (Å²) in [6.45, 7) is 0.389. The number of hydrogen-bond donors (Lipinski definition) is 2. The Balaban J connectivity index is 1.58. The lowest BCUT2D eigenvalue weighted by Crippen LogP contribution is -2.54. The van der Waals surface area contributed by atoms with Gasteiger partial charge in [0, 0.05) is 37.2 Å². The lowest BCUT2D eigenvalue weighted by atomic mass is 9.85. The summed E-state index contributed by atoms with van der Waals surface area (Å²) in [7, 11) is 1.43. The third-order valence-electron chi connectivity index (χ3n) is 6.64. The van der Waals surface area contributed by atoms with E-state index in [1.165, 1.54) is 25.3 Å². The molecule has 0 spiro atoms. The molecule has 0 unspecified atom stereocenters. The molecule has 0 aliphatic carbocycles. The van der Waals surface area contributed by atoms with Gasteiger partial charge in [-0.05, 0) is 35.7 Å². The summed E-state index contributed by atoms with van der Waals surface area (Å²) in [5, 5.41) is 13.4. The molecule has 39 heavy (non-hydrogen) atoms. The van der Waals surface area contributed by atoms with Gasteiger partial charge in [0.1, 0.15) is 18.1 Å². The summed E-state index contributed by atoms with van der Waals surface area (Å²) in [5.74, 6) is -0.196. The van der Waals surface area contributed by atoms with Gasteiger partial charge in [-0.1, -0.05) is 60.7 Å². The number of alkyl halides is 3. The van der Waals surface area contributed by atoms with Crippen LogP contribution in [0, 0.1) is 5.92 Å². The minimum atomic E-state index is -4.82. The number of methoxy groups -OCH3 is 1. The molecule has 0 aromatic heterocycles. The number of hydrogen-bond acceptors (Lipinski definition) is 6. The third-order valence-corrected chi connectivity index (χ3v) is 6.64. The Kier molecular flexibility index (Phi) is 9.32. The minimum Gasteiger partial charge on any atom is -0.496 e. The molecular weight excluding hydrogens is 513 g/mol. The van der Waals surface area contributed by atoms with Crippen molar-refractivity contribution in [2.75, 3.05) is 20.3 Å². The Morgan fingerprint density at radius 3 is 2.38 bits per heavy atom. The van der Waals surface area contributed by atoms with Crippen LogP contribution in [0.4, 0.5) is 18.0 Å². The van der Waals surface area contributed by atoms with Crippen LogP contribution in [0.2, 0.25) is 0 Å². The normalized spacial score (nSPS) is 19.4. The van der Waals surface area contributed by atoms with Gasteiger partial charge in [0.2, 0.25) is 0 Å². The Bertz CT molecular complexity index is 1210. The number of piperidine rings is 1. The van der Waals surface area contributed by atoms with Crippen LogP contribution in [0.15, 0.2) is 78.9 Å². The molecule has 3 aromatic rings. The van der Waals surface area contributed by atoms with Crippen molar-refractivity contribution in [2.45, 2.75) is 38.0 Å². The third kappa shape index (κ3) is 7.64. The van der Waals surface area contributed by atoms with E-state index in [0.717, 1.165) is 11.1 Å². The monoisotopic (exact) mass is 544 g/mol. The highest BCUT2D eigenvalue weighted by molar-refractivity contribution is 5.69. The van der Waals surface area contributed by atoms with Crippen molar-refractivity contribution in [2.24, 2.45) is 5.92 Å². The van der Waals surface area contributed by atoms with Gasteiger partial charge in [-0.3, -0.25) is 4.90 Å². The molecule has 1 amide bonds. The molecule has 10 heteroatoms. The van der Waals surface area contributed by atoms with Crippen molar-refractivity contribution in [3.05, 3.63) is 95.6 Å². The number of carbonyl (C=O) groups is 1. The second-order valence-electron chi connectivity index (χ2n) is 9.34. The van der Waals surface area contributed by atoms with Crippen molar-refractivity contribution in [3.8, 4) is 11.5 Å². The molecule has 0 radical (unpaired) electrons. The smallest absolute Gasteiger partial charge is 0.496 e. The predicted octanol–water partition coefficient (Wildman–Crippen LogP) is 5.44. The van der Waals surface area contributed by atoms with Gasteiger partial charge in [0.15, 0.2) is 0 Å². The molecule has 1 saturated heterocycles. The first-order valence-corrected chi connectivity index (χ1v) is 12.6. The number of benzene rings is 3. The molecule has 3 aromatic carbocycles. The fraction of sp³-hybridized carbons (Fsp3) is 0.345. The van der Waals surface area contributed by atoms with E-state index >= 15 is 0 Å². The number of amides is 1. The highest BCUT2D eigenvalue weighted by atomic mass is 19.4. The quantitative estimate of drug-likeness (QED) is 0.373. The van der Waals surface area contributed by atoms with Crippen LogP contribution in [0.25, 0.3) is 0 Å². The molecule has 3 atom stereocenters. The molecule has 208 valence electrons. The number of ether oxygens (including phenoxy) is 3. The molecule has 1 aliphatic heterocycles. The number of halogens is 3. The lowest BCUT2D eigenvalue weighted by molar-refractivity contribution is -0.274. The number of rotatable bonds is 9. The molecule has 4 rings (SSSR count). The number of aliphatic hydroxyl groups is 1. The molecule has 1 fully saturated rings. The Hall–Kier alpha value is -3.76. The number of nitrogens with zero attached hydrogens (tertiary/aromatic N) is 1. The van der Waals surface area contributed by atoms with E-state index in [2.05, 4.69) is 10.1 Å². The molecular formula is C29H31F3N2O5. The summed E-state index contributed by atoms with van der Waals surface area (Å²) in [6.07, 6.45) is -4.81. The molecule has 1 heterocycles. The number of carbonyl (C=O) groups excluding carboxylic acids is 1. The summed E-state index contributed by atoms with van der Waals surface area (Å²) >= 11 is 0. The largest absolute Gasteiger partial charge is 0.573 e. The summed E-state index contributed by atoms with van der Waals surface area (Å²) in [5.41, 5.74) is 2.17. The summed E-state index contributed by atoms with van der Waals surface area (Å²) < 4.78 is 53.5. The predicted molar refractivity (Wildman–Crippen MR) is 138 cm³/mol. The standard InChI is InChI=1S/C29H31F3N2O5/c1-37-26-13-12-24(39-29(30,31)32)15-23(26)16-33-25-14-21(18-35)17-34(27(25)22-10-6-3-7-11-22)28(36)38-19-20-8-4-2-5-9-20/h2-13,15,21,25,27,33,35H,14,16-19H2,1H3/t21-,25-,27-/m0/s1. The molecule has 7 nitrogen and oxygen atoms in total. The second-order valence-corrected chi connectivity index (χ2v) is 9.34. The van der Waals surface area contributed by atoms with E-state index < -0.39 is 18.5 Å². The number of nitrogens with one attached hydrogen (secondary N) is 1. The van der Waals surface area contributed by atoms with Crippen LogP contribution in [0.3, 0.4) is 0 Å². The maximum Gasteiger partial charge on any atom is 0.573 e. The highest BCUT2D eigenvalue weighted by Crippen LogP contribution is 2.35. The Labute approximate surface area is 225 Å². The van der Waals surface area contributed by atoms with Gasteiger partial charge in [-0.25, -0.2) is 4.79 Å². The van der Waals surface area contributed by atoms with Crippen molar-refractivity contribution < 1.29 is 37.3 Å². The zero-order chi connectivity index (χ0) is 27.8. The van der Waals surface area contributed by atoms with Crippen molar-refractivity contribution >= 4 is 6.09 Å². The van der Waals surface area contributed by atoms with E-state index in [0.29, 0.717) is 24.3 Å². The van der Waals surface area contributed by atoms with E-state index in [1.807, 2.05) is 60.7 Å². The summed E-state index contributed by atoms with van der Waals surface area (Å²) in [4.78, 5) is 15.0. The molecule has 2 N–H and O–H groups in total. The minimum absolute atomic E-state index is 0.1000. The van der Waals surface area contributed by atoms with E-state index in [4.69, 9.17) is 9.47 Å². The van der Waals surface area contributed by atoms with Crippen LogP contribution in [-0.4, -0.2) is 48.8 Å². The average Bonchev–Trinajstić information content (AvgIpc) is 2.94. The van der Waals surface area contributed by atoms with E-state index in [1.54, 1.807) is 4.90 Å². The van der Waals surface area contributed by atoms with Crippen molar-refractivity contribution in [1.82, 2.24) is 10.2 Å². The summed E-state index contributed by atoms with van der Waals surface area (Å²) in [6, 6.07) is 21.9. The van der Waals surface area contributed by atoms with Crippen LogP contribution in [-0.2, 0) is 17.9 Å². The Morgan fingerprint density at radius 1 is 1.05 bits per heavy atom. The van der Waals surface area contributed by atoms with Gasteiger partial charge in [-0.15, -0.1) is 13.2 Å². The van der Waals surface area contributed by atoms with Gasteiger partial charge in [0.05, 0.1) is 13.2 Å². The second kappa shape index (κ2) is 12.9. The average molecular weight is 545 g/mol. The van der Waals surface area contributed by atoms with Crippen molar-refractivity contribution in [3.63, 3.8) is 0 Å². The number of likely N-dealkylation sites (tertiary alicyclic amines) is 1. The fourth-order valence-electron chi connectivity index (χ4n) is 4.88. The molecule has 0 saturated carbocycles. The number of aliphatic hydroxyl groups excluding tert-OH is 1. The van der Waals surface area contributed by atoms with E-state index in [-0.39, 0.29) is 37.5 Å². The van der Waals surface area contributed by atoms with Crippen LogP contribution >= 0.6 is 0 Å². The van der Waals surface area contributed by atoms with Crippen LogP contribution in [0.5, 0.6) is 11.5 Å². The first kappa shape index (κ1) is 28.3. The fourth-order valence-corrected chi connectivity index (χ4v) is 4.88. The maximum absolute atomic E-state index is 13.4. The topological polar surface area (TPSA) is 80.3 Å². The van der Waals surface area contributed by atoms with E-state index in [9.17, 15) is 23.1 Å². The van der Waals surface area contributed by atoms with Crippen LogP contribution in [0.1, 0.15) is 29.2 Å². The van der Waals surface area contributed by atoms with Crippen molar-refractivity contribution in [1.29, 1.82) is 0 Å². The van der Waals surface area contributed by atoms with Gasteiger partial charge in [0.25, 0.3) is 0 Å². The zero-order valence-electron chi connectivity index (χ0n) is 21.4. The van der Waals surface area contributed by atoms with Gasteiger partial charge < -0.3 is 24.6 Å². The highest BCUT2D eigenvalue weighted by Gasteiger charge is 2.40. The lowest BCUT2D eigenvalue weighted by Gasteiger charge is -2.44. The van der Waals surface area contributed by atoms with Gasteiger partial charge >= 0.3 is 12.5 Å². The zero-order valence-corrected chi connectivity index (χ0v) is 21.4. The SMILES string of the molecule is COc1ccc(OC(F)(F)F)cc1CN[C@H]1C[C@H](CO)CN(C(=O)OCc2ccccc2)[C@H]1c1ccccc1. The molecule has 0 bridgehead atoms. The van der Waals surface area contributed by atoms with Gasteiger partial charge in [-0.2, -0.15) is 0 Å². The first-order chi connectivity index (χ1) is 18.8. The molecule has 1 aliphatic rings. The maximum atomic E-state index is 13.4. The first-order valence-electron chi connectivity index (χ1n) is 12.6. The Morgan fingerprint density at radius 2 is 1.74 bits per heavy atom.